The fourth-order valence-corrected chi connectivity index (χ4v) is 2.17. The van der Waals surface area contributed by atoms with Crippen LogP contribution in [0.1, 0.15) is 32.1 Å². The SMILES string of the molecule is C=C/C=C(\C=C)CCCC1CCNCC1. The zero-order valence-corrected chi connectivity index (χ0v) is 9.67. The Balaban J connectivity index is 2.16. The van der Waals surface area contributed by atoms with Gasteiger partial charge in [-0.2, -0.15) is 0 Å². The quantitative estimate of drug-likeness (QED) is 0.655. The van der Waals surface area contributed by atoms with Crippen molar-refractivity contribution >= 4 is 0 Å². The predicted molar refractivity (Wildman–Crippen MR) is 67.9 cm³/mol. The topological polar surface area (TPSA) is 12.0 Å². The second-order valence-corrected chi connectivity index (χ2v) is 4.27. The smallest absolute Gasteiger partial charge is 0.00463 e. The van der Waals surface area contributed by atoms with Gasteiger partial charge in [-0.3, -0.25) is 0 Å². The minimum absolute atomic E-state index is 0.945. The molecule has 0 atom stereocenters. The lowest BCUT2D eigenvalue weighted by Crippen LogP contribution is -2.27. The number of piperidine rings is 1. The van der Waals surface area contributed by atoms with Crippen molar-refractivity contribution in [3.63, 3.8) is 0 Å². The molecule has 0 amide bonds. The van der Waals surface area contributed by atoms with E-state index in [0.717, 1.165) is 12.3 Å². The van der Waals surface area contributed by atoms with E-state index in [4.69, 9.17) is 0 Å². The molecule has 1 saturated heterocycles. The molecule has 0 spiro atoms. The van der Waals surface area contributed by atoms with E-state index in [1.807, 2.05) is 12.2 Å². The molecule has 1 heteroatoms. The highest BCUT2D eigenvalue weighted by molar-refractivity contribution is 5.20. The maximum absolute atomic E-state index is 3.82. The van der Waals surface area contributed by atoms with Crippen molar-refractivity contribution in [1.82, 2.24) is 5.32 Å². The molecule has 0 aromatic rings. The number of nitrogens with one attached hydrogen (secondary N) is 1. The molecule has 0 aromatic carbocycles. The van der Waals surface area contributed by atoms with Crippen LogP contribution < -0.4 is 5.32 Å². The molecule has 1 aliphatic heterocycles. The van der Waals surface area contributed by atoms with Crippen LogP contribution in [0.2, 0.25) is 0 Å². The van der Waals surface area contributed by atoms with E-state index in [1.165, 1.54) is 44.3 Å². The first-order valence-electron chi connectivity index (χ1n) is 6.01. The van der Waals surface area contributed by atoms with Crippen LogP contribution in [-0.2, 0) is 0 Å². The minimum atomic E-state index is 0.945. The molecular weight excluding hydrogens is 182 g/mol. The number of hydrogen-bond donors (Lipinski definition) is 1. The van der Waals surface area contributed by atoms with Crippen LogP contribution in [0.25, 0.3) is 0 Å². The van der Waals surface area contributed by atoms with Crippen molar-refractivity contribution in [1.29, 1.82) is 0 Å². The van der Waals surface area contributed by atoms with Gasteiger partial charge < -0.3 is 5.32 Å². The van der Waals surface area contributed by atoms with E-state index in [1.54, 1.807) is 0 Å². The highest BCUT2D eigenvalue weighted by Crippen LogP contribution is 2.20. The van der Waals surface area contributed by atoms with Crippen LogP contribution in [0.3, 0.4) is 0 Å². The number of hydrogen-bond acceptors (Lipinski definition) is 1. The van der Waals surface area contributed by atoms with E-state index in [9.17, 15) is 0 Å². The summed E-state index contributed by atoms with van der Waals surface area (Å²) in [5.74, 6) is 0.945. The molecule has 0 radical (unpaired) electrons. The highest BCUT2D eigenvalue weighted by Gasteiger charge is 2.11. The van der Waals surface area contributed by atoms with Crippen molar-refractivity contribution in [2.75, 3.05) is 13.1 Å². The summed E-state index contributed by atoms with van der Waals surface area (Å²) < 4.78 is 0. The Bertz CT molecular complexity index is 221. The molecule has 1 N–H and O–H groups in total. The first-order chi connectivity index (χ1) is 7.36. The summed E-state index contributed by atoms with van der Waals surface area (Å²) in [6.45, 7) is 9.95. The van der Waals surface area contributed by atoms with Gasteiger partial charge in [0.15, 0.2) is 0 Å². The van der Waals surface area contributed by atoms with Crippen LogP contribution in [0.4, 0.5) is 0 Å². The molecule has 1 rings (SSSR count). The molecule has 0 aliphatic carbocycles. The molecule has 1 fully saturated rings. The Labute approximate surface area is 94.0 Å². The van der Waals surface area contributed by atoms with E-state index < -0.39 is 0 Å². The number of allylic oxidation sites excluding steroid dienone is 4. The summed E-state index contributed by atoms with van der Waals surface area (Å²) >= 11 is 0. The van der Waals surface area contributed by atoms with Gasteiger partial charge in [-0.25, -0.2) is 0 Å². The lowest BCUT2D eigenvalue weighted by atomic mass is 9.91. The molecule has 1 nitrogen and oxygen atoms in total. The van der Waals surface area contributed by atoms with Crippen molar-refractivity contribution in [3.8, 4) is 0 Å². The molecule has 84 valence electrons. The molecular formula is C14H23N. The largest absolute Gasteiger partial charge is 0.317 e. The average Bonchev–Trinajstić information content (AvgIpc) is 2.29. The Hall–Kier alpha value is -0.820. The maximum Gasteiger partial charge on any atom is -0.00463 e. The monoisotopic (exact) mass is 205 g/mol. The lowest BCUT2D eigenvalue weighted by molar-refractivity contribution is 0.347. The van der Waals surface area contributed by atoms with Crippen molar-refractivity contribution < 1.29 is 0 Å². The molecule has 0 unspecified atom stereocenters. The van der Waals surface area contributed by atoms with Crippen molar-refractivity contribution in [2.45, 2.75) is 32.1 Å². The Morgan fingerprint density at radius 2 is 2.00 bits per heavy atom. The van der Waals surface area contributed by atoms with Gasteiger partial charge in [-0.15, -0.1) is 0 Å². The second kappa shape index (κ2) is 7.47. The Morgan fingerprint density at radius 1 is 1.27 bits per heavy atom. The normalized spacial score (nSPS) is 18.8. The molecule has 1 heterocycles. The molecule has 0 saturated carbocycles. The van der Waals surface area contributed by atoms with Gasteiger partial charge in [0.05, 0.1) is 0 Å². The number of rotatable bonds is 6. The molecule has 1 aliphatic rings. The van der Waals surface area contributed by atoms with Crippen LogP contribution in [0.5, 0.6) is 0 Å². The van der Waals surface area contributed by atoms with Gasteiger partial charge >= 0.3 is 0 Å². The zero-order chi connectivity index (χ0) is 10.9. The van der Waals surface area contributed by atoms with Crippen molar-refractivity contribution in [3.05, 3.63) is 37.0 Å². The van der Waals surface area contributed by atoms with E-state index >= 15 is 0 Å². The maximum atomic E-state index is 3.82. The second-order valence-electron chi connectivity index (χ2n) is 4.27. The fraction of sp³-hybridized carbons (Fsp3) is 0.571. The third-order valence-corrected chi connectivity index (χ3v) is 3.13. The van der Waals surface area contributed by atoms with Crippen LogP contribution in [0, 0.1) is 5.92 Å². The summed E-state index contributed by atoms with van der Waals surface area (Å²) in [6, 6.07) is 0. The zero-order valence-electron chi connectivity index (χ0n) is 9.67. The van der Waals surface area contributed by atoms with Gasteiger partial charge in [0.1, 0.15) is 0 Å². The third kappa shape index (κ3) is 4.98. The van der Waals surface area contributed by atoms with Crippen LogP contribution >= 0.6 is 0 Å². The fourth-order valence-electron chi connectivity index (χ4n) is 2.17. The van der Waals surface area contributed by atoms with Gasteiger partial charge in [0, 0.05) is 0 Å². The lowest BCUT2D eigenvalue weighted by Gasteiger charge is -2.22. The first kappa shape index (κ1) is 12.3. The standard InChI is InChI=1S/C14H23N/c1-3-6-13(4-2)7-5-8-14-9-11-15-12-10-14/h3-4,6,14-15H,1-2,5,7-12H2/b13-6+. The molecule has 15 heavy (non-hydrogen) atoms. The summed E-state index contributed by atoms with van der Waals surface area (Å²) in [5, 5.41) is 3.40. The Morgan fingerprint density at radius 3 is 2.60 bits per heavy atom. The minimum Gasteiger partial charge on any atom is -0.317 e. The summed E-state index contributed by atoms with van der Waals surface area (Å²) in [7, 11) is 0. The van der Waals surface area contributed by atoms with Gasteiger partial charge in [-0.1, -0.05) is 37.8 Å². The third-order valence-electron chi connectivity index (χ3n) is 3.13. The van der Waals surface area contributed by atoms with Crippen LogP contribution in [0.15, 0.2) is 37.0 Å². The summed E-state index contributed by atoms with van der Waals surface area (Å²) in [5.41, 5.74) is 1.32. The summed E-state index contributed by atoms with van der Waals surface area (Å²) in [6.07, 6.45) is 12.4. The average molecular weight is 205 g/mol. The van der Waals surface area contributed by atoms with E-state index in [0.29, 0.717) is 0 Å². The molecule has 0 bridgehead atoms. The van der Waals surface area contributed by atoms with Gasteiger partial charge in [0.25, 0.3) is 0 Å². The van der Waals surface area contributed by atoms with E-state index in [2.05, 4.69) is 24.6 Å². The Kier molecular flexibility index (Phi) is 6.10. The highest BCUT2D eigenvalue weighted by atomic mass is 14.9. The van der Waals surface area contributed by atoms with Gasteiger partial charge in [-0.05, 0) is 50.3 Å². The molecule has 0 aromatic heterocycles. The van der Waals surface area contributed by atoms with Gasteiger partial charge in [0.2, 0.25) is 0 Å². The predicted octanol–water partition coefficient (Wildman–Crippen LogP) is 3.45. The van der Waals surface area contributed by atoms with Crippen LogP contribution in [-0.4, -0.2) is 13.1 Å². The van der Waals surface area contributed by atoms with Crippen molar-refractivity contribution in [2.24, 2.45) is 5.92 Å². The first-order valence-corrected chi connectivity index (χ1v) is 6.01. The van der Waals surface area contributed by atoms with E-state index in [-0.39, 0.29) is 0 Å². The summed E-state index contributed by atoms with van der Waals surface area (Å²) in [4.78, 5) is 0.